The van der Waals surface area contributed by atoms with Gasteiger partial charge in [-0.2, -0.15) is 0 Å². The zero-order chi connectivity index (χ0) is 30.7. The summed E-state index contributed by atoms with van der Waals surface area (Å²) in [6.45, 7) is 3.85. The Morgan fingerprint density at radius 1 is 0.689 bits per heavy atom. The molecule has 7 heteroatoms. The Morgan fingerprint density at radius 2 is 1.44 bits per heavy atom. The maximum Gasteiger partial charge on any atom is 0.213 e. The molecule has 236 valence electrons. The van der Waals surface area contributed by atoms with Crippen LogP contribution in [0, 0.1) is 0 Å². The van der Waals surface area contributed by atoms with Crippen LogP contribution in [-0.2, 0) is 27.9 Å². The number of fused-ring (bicyclic) bond motifs is 3. The van der Waals surface area contributed by atoms with Crippen molar-refractivity contribution in [3.05, 3.63) is 90.9 Å². The molecule has 0 radical (unpaired) electrons. The molecule has 2 aromatic carbocycles. The van der Waals surface area contributed by atoms with Crippen molar-refractivity contribution in [1.82, 2.24) is 14.5 Å². The zero-order valence-corrected chi connectivity index (χ0v) is 26.4. The molecule has 0 saturated heterocycles. The van der Waals surface area contributed by atoms with E-state index in [0.717, 1.165) is 82.3 Å². The van der Waals surface area contributed by atoms with Gasteiger partial charge < -0.3 is 23.5 Å². The highest BCUT2D eigenvalue weighted by Crippen LogP contribution is 2.31. The molecule has 1 aliphatic carbocycles. The lowest BCUT2D eigenvalue weighted by Crippen LogP contribution is -2.37. The van der Waals surface area contributed by atoms with E-state index in [1.807, 2.05) is 30.7 Å². The van der Waals surface area contributed by atoms with Crippen LogP contribution in [0.2, 0.25) is 0 Å². The van der Waals surface area contributed by atoms with Crippen LogP contribution < -0.4 is 4.74 Å². The summed E-state index contributed by atoms with van der Waals surface area (Å²) in [4.78, 5) is 8.85. The molecule has 0 unspecified atom stereocenters. The molecule has 6 rings (SSSR count). The predicted molar refractivity (Wildman–Crippen MR) is 179 cm³/mol. The number of unbranched alkanes of at least 4 members (excludes halogenated alkanes) is 4. The molecule has 0 spiro atoms. The second-order valence-corrected chi connectivity index (χ2v) is 12.0. The normalized spacial score (nSPS) is 16.3. The third-order valence-electron chi connectivity index (χ3n) is 8.73. The van der Waals surface area contributed by atoms with Crippen molar-refractivity contribution in [2.24, 2.45) is 7.05 Å². The van der Waals surface area contributed by atoms with Crippen molar-refractivity contribution in [2.75, 3.05) is 26.4 Å². The highest BCUT2D eigenvalue weighted by Gasteiger charge is 2.30. The van der Waals surface area contributed by atoms with E-state index in [1.165, 1.54) is 27.4 Å². The Balaban J connectivity index is 0.763. The molecule has 0 bridgehead atoms. The highest BCUT2D eigenvalue weighted by atomic mass is 16.5. The Hall–Kier alpha value is -3.78. The number of pyridine rings is 2. The summed E-state index contributed by atoms with van der Waals surface area (Å²) in [5, 5.41) is 2.39. The topological polar surface area (TPSA) is 67.6 Å². The monoisotopic (exact) mass is 607 g/mol. The van der Waals surface area contributed by atoms with Gasteiger partial charge in [0.1, 0.15) is 0 Å². The van der Waals surface area contributed by atoms with Crippen molar-refractivity contribution in [3.8, 4) is 17.0 Å². The van der Waals surface area contributed by atoms with E-state index in [9.17, 15) is 0 Å². The average molecular weight is 608 g/mol. The second-order valence-electron chi connectivity index (χ2n) is 12.0. The molecule has 3 aromatic heterocycles. The van der Waals surface area contributed by atoms with E-state index in [2.05, 4.69) is 76.2 Å². The largest absolute Gasteiger partial charge is 0.478 e. The van der Waals surface area contributed by atoms with Gasteiger partial charge in [0.2, 0.25) is 5.88 Å². The van der Waals surface area contributed by atoms with Gasteiger partial charge in [-0.15, -0.1) is 0 Å². The molecule has 0 atom stereocenters. The molecule has 0 aliphatic heterocycles. The fourth-order valence-electron chi connectivity index (χ4n) is 5.94. The van der Waals surface area contributed by atoms with Crippen molar-refractivity contribution in [3.63, 3.8) is 0 Å². The number of hydrogen-bond donors (Lipinski definition) is 0. The number of aryl methyl sites for hydroxylation is 1. The summed E-state index contributed by atoms with van der Waals surface area (Å²) in [7, 11) is 2.10. The molecule has 3 heterocycles. The first kappa shape index (κ1) is 31.2. The van der Waals surface area contributed by atoms with E-state index in [0.29, 0.717) is 31.3 Å². The smallest absolute Gasteiger partial charge is 0.213 e. The molecule has 1 fully saturated rings. The van der Waals surface area contributed by atoms with Gasteiger partial charge in [-0.05, 0) is 80.7 Å². The van der Waals surface area contributed by atoms with Gasteiger partial charge in [0.15, 0.2) is 0 Å². The third-order valence-corrected chi connectivity index (χ3v) is 8.73. The fourth-order valence-corrected chi connectivity index (χ4v) is 5.94. The maximum absolute atomic E-state index is 5.99. The van der Waals surface area contributed by atoms with Gasteiger partial charge in [0.05, 0.1) is 30.9 Å². The Labute approximate surface area is 266 Å². The Kier molecular flexibility index (Phi) is 11.1. The lowest BCUT2D eigenvalue weighted by Gasteiger charge is -2.35. The zero-order valence-electron chi connectivity index (χ0n) is 26.4. The molecule has 0 N–H and O–H groups in total. The summed E-state index contributed by atoms with van der Waals surface area (Å²) >= 11 is 0. The SMILES string of the molecule is Cn1c2ccncc2c2ccc(-c3ccc(OCCCCCOCCCCCOC4CC(OCc5ccccc5)C4)nc3)cc21. The number of aromatic nitrogens is 3. The van der Waals surface area contributed by atoms with Crippen LogP contribution >= 0.6 is 0 Å². The first-order valence-electron chi connectivity index (χ1n) is 16.5. The molecule has 1 aliphatic rings. The standard InChI is InChI=1S/C38H45N3O4/c1-41-36-17-18-39-27-35(36)34-15-13-30(23-37(34)41)31-14-16-38(40-26-31)44-22-10-4-8-20-42-19-7-3-9-21-43-32-24-33(25-32)45-28-29-11-5-2-6-12-29/h2,5-6,11-18,23,26-27,32-33H,3-4,7-10,19-22,24-25,28H2,1H3. The van der Waals surface area contributed by atoms with Crippen molar-refractivity contribution >= 4 is 21.8 Å². The van der Waals surface area contributed by atoms with E-state index in [4.69, 9.17) is 18.9 Å². The van der Waals surface area contributed by atoms with Crippen LogP contribution in [0.15, 0.2) is 85.3 Å². The average Bonchev–Trinajstić information content (AvgIpc) is 3.35. The fraction of sp³-hybridized carbons (Fsp3) is 0.421. The second kappa shape index (κ2) is 16.0. The van der Waals surface area contributed by atoms with Crippen molar-refractivity contribution < 1.29 is 18.9 Å². The minimum atomic E-state index is 0.348. The molecule has 0 amide bonds. The summed E-state index contributed by atoms with van der Waals surface area (Å²) in [5.41, 5.74) is 5.83. The predicted octanol–water partition coefficient (Wildman–Crippen LogP) is 8.29. The van der Waals surface area contributed by atoms with Gasteiger partial charge in [-0.25, -0.2) is 4.98 Å². The molecule has 1 saturated carbocycles. The van der Waals surface area contributed by atoms with Crippen LogP contribution in [0.5, 0.6) is 5.88 Å². The van der Waals surface area contributed by atoms with Gasteiger partial charge in [0, 0.05) is 73.4 Å². The summed E-state index contributed by atoms with van der Waals surface area (Å²) in [6.07, 6.45) is 14.9. The molecular weight excluding hydrogens is 562 g/mol. The molecule has 7 nitrogen and oxygen atoms in total. The quantitative estimate of drug-likeness (QED) is 0.0934. The maximum atomic E-state index is 5.99. The van der Waals surface area contributed by atoms with E-state index in [-0.39, 0.29) is 0 Å². The molecular formula is C38H45N3O4. The van der Waals surface area contributed by atoms with Gasteiger partial charge in [0.25, 0.3) is 0 Å². The van der Waals surface area contributed by atoms with E-state index >= 15 is 0 Å². The number of rotatable bonds is 18. The summed E-state index contributed by atoms with van der Waals surface area (Å²) in [5.74, 6) is 0.671. The van der Waals surface area contributed by atoms with Crippen LogP contribution in [0.4, 0.5) is 0 Å². The molecule has 5 aromatic rings. The highest BCUT2D eigenvalue weighted by molar-refractivity contribution is 6.08. The Bertz CT molecular complexity index is 1610. The minimum absolute atomic E-state index is 0.348. The first-order chi connectivity index (χ1) is 22.2. The minimum Gasteiger partial charge on any atom is -0.478 e. The van der Waals surface area contributed by atoms with Crippen molar-refractivity contribution in [2.45, 2.75) is 70.2 Å². The lowest BCUT2D eigenvalue weighted by atomic mass is 9.92. The summed E-state index contributed by atoms with van der Waals surface area (Å²) < 4.78 is 25.9. The van der Waals surface area contributed by atoms with Crippen LogP contribution in [0.25, 0.3) is 32.9 Å². The number of nitrogens with zero attached hydrogens (tertiary/aromatic N) is 3. The number of hydrogen-bond acceptors (Lipinski definition) is 6. The molecule has 45 heavy (non-hydrogen) atoms. The van der Waals surface area contributed by atoms with Crippen LogP contribution in [-0.4, -0.2) is 53.2 Å². The van der Waals surface area contributed by atoms with Gasteiger partial charge in [-0.1, -0.05) is 42.5 Å². The van der Waals surface area contributed by atoms with Crippen LogP contribution in [0.1, 0.15) is 56.9 Å². The Morgan fingerprint density at radius 3 is 2.24 bits per heavy atom. The van der Waals surface area contributed by atoms with Crippen molar-refractivity contribution in [1.29, 1.82) is 0 Å². The van der Waals surface area contributed by atoms with E-state index < -0.39 is 0 Å². The number of ether oxygens (including phenoxy) is 4. The van der Waals surface area contributed by atoms with Gasteiger partial charge in [-0.3, -0.25) is 4.98 Å². The number of benzene rings is 2. The summed E-state index contributed by atoms with van der Waals surface area (Å²) in [6, 6.07) is 23.0. The van der Waals surface area contributed by atoms with E-state index in [1.54, 1.807) is 0 Å². The first-order valence-corrected chi connectivity index (χ1v) is 16.5. The third kappa shape index (κ3) is 8.48. The van der Waals surface area contributed by atoms with Gasteiger partial charge >= 0.3 is 0 Å². The lowest BCUT2D eigenvalue weighted by molar-refractivity contribution is -0.107. The van der Waals surface area contributed by atoms with Crippen LogP contribution in [0.3, 0.4) is 0 Å².